The third-order valence-electron chi connectivity index (χ3n) is 4.42. The summed E-state index contributed by atoms with van der Waals surface area (Å²) in [5.74, 6) is -0.641. The van der Waals surface area contributed by atoms with Gasteiger partial charge in [0.15, 0.2) is 0 Å². The number of fused-ring (bicyclic) bond motifs is 1. The number of carbonyl (C=O) groups is 1. The van der Waals surface area contributed by atoms with E-state index in [1.54, 1.807) is 13.1 Å². The van der Waals surface area contributed by atoms with Crippen LogP contribution >= 0.6 is 15.9 Å². The second-order valence-electron chi connectivity index (χ2n) is 6.12. The third kappa shape index (κ3) is 3.70. The van der Waals surface area contributed by atoms with Gasteiger partial charge < -0.3 is 14.4 Å². The van der Waals surface area contributed by atoms with E-state index >= 15 is 0 Å². The predicted octanol–water partition coefficient (Wildman–Crippen LogP) is 3.21. The Morgan fingerprint density at radius 2 is 2.08 bits per heavy atom. The molecule has 0 fully saturated rings. The summed E-state index contributed by atoms with van der Waals surface area (Å²) in [4.78, 5) is 24.9. The molecule has 5 nitrogen and oxygen atoms in total. The maximum Gasteiger partial charge on any atom is 0.343 e. The standard InChI is InChI=1S/C19H20BrNO4/c1-2-25-19(24)14-11-21(10-12-6-8-13(20)9-7-12)15-4-3-5-16(22)17(15)18(14)23/h6-9,11,16,22H,2-5,10H2,1H3. The summed E-state index contributed by atoms with van der Waals surface area (Å²) in [6.45, 7) is 2.42. The molecule has 0 saturated carbocycles. The molecule has 0 saturated heterocycles. The van der Waals surface area contributed by atoms with Crippen LogP contribution in [0.5, 0.6) is 0 Å². The zero-order chi connectivity index (χ0) is 18.0. The first-order valence-electron chi connectivity index (χ1n) is 8.37. The van der Waals surface area contributed by atoms with Crippen molar-refractivity contribution >= 4 is 21.9 Å². The molecule has 0 amide bonds. The van der Waals surface area contributed by atoms with Crippen molar-refractivity contribution in [2.24, 2.45) is 0 Å². The van der Waals surface area contributed by atoms with Gasteiger partial charge in [-0.25, -0.2) is 4.79 Å². The van der Waals surface area contributed by atoms with Crippen LogP contribution in [0.25, 0.3) is 0 Å². The molecule has 0 aliphatic heterocycles. The van der Waals surface area contributed by atoms with Gasteiger partial charge in [0.25, 0.3) is 0 Å². The Kier molecular flexibility index (Phi) is 5.39. The maximum atomic E-state index is 12.7. The number of hydrogen-bond donors (Lipinski definition) is 1. The van der Waals surface area contributed by atoms with Crippen LogP contribution in [-0.4, -0.2) is 22.2 Å². The van der Waals surface area contributed by atoms with Crippen LogP contribution in [0.2, 0.25) is 0 Å². The molecule has 1 aromatic heterocycles. The van der Waals surface area contributed by atoms with Crippen molar-refractivity contribution in [2.75, 3.05) is 6.61 Å². The molecule has 1 unspecified atom stereocenters. The highest BCUT2D eigenvalue weighted by Gasteiger charge is 2.27. The van der Waals surface area contributed by atoms with E-state index in [2.05, 4.69) is 15.9 Å². The molecule has 3 rings (SSSR count). The predicted molar refractivity (Wildman–Crippen MR) is 97.8 cm³/mol. The number of nitrogens with zero attached hydrogens (tertiary/aromatic N) is 1. The van der Waals surface area contributed by atoms with Gasteiger partial charge in [-0.15, -0.1) is 0 Å². The van der Waals surface area contributed by atoms with Crippen LogP contribution < -0.4 is 5.43 Å². The van der Waals surface area contributed by atoms with Crippen molar-refractivity contribution in [3.63, 3.8) is 0 Å². The lowest BCUT2D eigenvalue weighted by molar-refractivity contribution is 0.0523. The molecule has 0 spiro atoms. The van der Waals surface area contributed by atoms with E-state index in [0.717, 1.165) is 22.2 Å². The van der Waals surface area contributed by atoms with E-state index in [9.17, 15) is 14.7 Å². The Labute approximate surface area is 154 Å². The smallest absolute Gasteiger partial charge is 0.343 e. The summed E-state index contributed by atoms with van der Waals surface area (Å²) in [5, 5.41) is 10.3. The molecular formula is C19H20BrNO4. The lowest BCUT2D eigenvalue weighted by Gasteiger charge is -2.25. The molecular weight excluding hydrogens is 386 g/mol. The molecule has 2 aromatic rings. The summed E-state index contributed by atoms with van der Waals surface area (Å²) in [6, 6.07) is 7.87. The Bertz CT molecular complexity index is 842. The number of hydrogen-bond acceptors (Lipinski definition) is 4. The molecule has 1 N–H and O–H groups in total. The normalized spacial score (nSPS) is 16.4. The molecule has 132 valence electrons. The van der Waals surface area contributed by atoms with Crippen LogP contribution in [0.4, 0.5) is 0 Å². The number of pyridine rings is 1. The average molecular weight is 406 g/mol. The summed E-state index contributed by atoms with van der Waals surface area (Å²) in [6.07, 6.45) is 2.79. The van der Waals surface area contributed by atoms with Gasteiger partial charge in [0, 0.05) is 28.5 Å². The molecule has 0 bridgehead atoms. The molecule has 25 heavy (non-hydrogen) atoms. The fourth-order valence-corrected chi connectivity index (χ4v) is 3.50. The van der Waals surface area contributed by atoms with Crippen LogP contribution in [0, 0.1) is 0 Å². The number of aliphatic hydroxyl groups is 1. The number of halogens is 1. The van der Waals surface area contributed by atoms with Crippen LogP contribution in [-0.2, 0) is 17.7 Å². The van der Waals surface area contributed by atoms with Gasteiger partial charge in [0.05, 0.1) is 12.7 Å². The zero-order valence-electron chi connectivity index (χ0n) is 14.0. The molecule has 1 aliphatic carbocycles. The van der Waals surface area contributed by atoms with Gasteiger partial charge in [-0.1, -0.05) is 28.1 Å². The Balaban J connectivity index is 2.11. The molecule has 1 aromatic carbocycles. The quantitative estimate of drug-likeness (QED) is 0.792. The van der Waals surface area contributed by atoms with Crippen LogP contribution in [0.1, 0.15) is 53.0 Å². The monoisotopic (exact) mass is 405 g/mol. The Morgan fingerprint density at radius 3 is 2.76 bits per heavy atom. The SMILES string of the molecule is CCOC(=O)c1cn(Cc2ccc(Br)cc2)c2c(c1=O)C(O)CCC2. The number of rotatable bonds is 4. The van der Waals surface area contributed by atoms with E-state index in [1.807, 2.05) is 28.8 Å². The molecule has 1 aliphatic rings. The highest BCUT2D eigenvalue weighted by atomic mass is 79.9. The number of ether oxygens (including phenoxy) is 1. The molecule has 0 radical (unpaired) electrons. The van der Waals surface area contributed by atoms with Crippen molar-refractivity contribution in [3.05, 3.63) is 67.5 Å². The van der Waals surface area contributed by atoms with Crippen molar-refractivity contribution < 1.29 is 14.6 Å². The highest BCUT2D eigenvalue weighted by molar-refractivity contribution is 9.10. The summed E-state index contributed by atoms with van der Waals surface area (Å²) in [5.41, 5.74) is 1.77. The number of benzene rings is 1. The highest BCUT2D eigenvalue weighted by Crippen LogP contribution is 2.28. The van der Waals surface area contributed by atoms with Gasteiger partial charge in [-0.3, -0.25) is 4.79 Å². The van der Waals surface area contributed by atoms with Crippen LogP contribution in [0.15, 0.2) is 39.7 Å². The van der Waals surface area contributed by atoms with Crippen molar-refractivity contribution in [1.29, 1.82) is 0 Å². The molecule has 6 heteroatoms. The second kappa shape index (κ2) is 7.54. The average Bonchev–Trinajstić information content (AvgIpc) is 2.59. The van der Waals surface area contributed by atoms with Crippen molar-refractivity contribution in [1.82, 2.24) is 4.57 Å². The Morgan fingerprint density at radius 1 is 1.36 bits per heavy atom. The maximum absolute atomic E-state index is 12.7. The van der Waals surface area contributed by atoms with Crippen LogP contribution in [0.3, 0.4) is 0 Å². The minimum absolute atomic E-state index is 0.0151. The van der Waals surface area contributed by atoms with Crippen molar-refractivity contribution in [3.8, 4) is 0 Å². The number of aromatic nitrogens is 1. The van der Waals surface area contributed by atoms with Gasteiger partial charge in [0.1, 0.15) is 5.56 Å². The van der Waals surface area contributed by atoms with E-state index in [4.69, 9.17) is 4.74 Å². The van der Waals surface area contributed by atoms with E-state index in [1.165, 1.54) is 0 Å². The van der Waals surface area contributed by atoms with E-state index in [0.29, 0.717) is 24.9 Å². The minimum atomic E-state index is -0.832. The summed E-state index contributed by atoms with van der Waals surface area (Å²) >= 11 is 3.41. The second-order valence-corrected chi connectivity index (χ2v) is 7.03. The first kappa shape index (κ1) is 17.9. The van der Waals surface area contributed by atoms with Gasteiger partial charge in [-0.2, -0.15) is 0 Å². The lowest BCUT2D eigenvalue weighted by Crippen LogP contribution is -2.30. The molecule has 1 heterocycles. The third-order valence-corrected chi connectivity index (χ3v) is 4.95. The van der Waals surface area contributed by atoms with Gasteiger partial charge in [0.2, 0.25) is 5.43 Å². The Hall–Kier alpha value is -1.92. The number of aliphatic hydroxyl groups excluding tert-OH is 1. The van der Waals surface area contributed by atoms with E-state index in [-0.39, 0.29) is 12.2 Å². The van der Waals surface area contributed by atoms with Gasteiger partial charge in [-0.05, 0) is 43.9 Å². The fourth-order valence-electron chi connectivity index (χ4n) is 3.23. The first-order valence-corrected chi connectivity index (χ1v) is 9.16. The van der Waals surface area contributed by atoms with E-state index < -0.39 is 17.5 Å². The molecule has 1 atom stereocenters. The van der Waals surface area contributed by atoms with Gasteiger partial charge >= 0.3 is 5.97 Å². The number of esters is 1. The zero-order valence-corrected chi connectivity index (χ0v) is 15.6. The largest absolute Gasteiger partial charge is 0.462 e. The lowest BCUT2D eigenvalue weighted by atomic mass is 9.91. The summed E-state index contributed by atoms with van der Waals surface area (Å²) < 4.78 is 7.90. The summed E-state index contributed by atoms with van der Waals surface area (Å²) in [7, 11) is 0. The fraction of sp³-hybridized carbons (Fsp3) is 0.368. The minimum Gasteiger partial charge on any atom is -0.462 e. The first-order chi connectivity index (χ1) is 12.0. The number of carbonyl (C=O) groups excluding carboxylic acids is 1. The topological polar surface area (TPSA) is 68.5 Å². The van der Waals surface area contributed by atoms with Crippen molar-refractivity contribution in [2.45, 2.75) is 38.8 Å².